The van der Waals surface area contributed by atoms with Crippen molar-refractivity contribution in [3.8, 4) is 0 Å². The molecule has 1 aliphatic rings. The Morgan fingerprint density at radius 3 is 2.36 bits per heavy atom. The third-order valence-corrected chi connectivity index (χ3v) is 1.17. The Hall–Kier alpha value is -1.79. The van der Waals surface area contributed by atoms with Crippen LogP contribution in [0.4, 0.5) is 0 Å². The van der Waals surface area contributed by atoms with Crippen molar-refractivity contribution in [1.29, 1.82) is 0 Å². The van der Waals surface area contributed by atoms with E-state index in [1.54, 1.807) is 0 Å². The summed E-state index contributed by atoms with van der Waals surface area (Å²) in [4.78, 5) is 22.0. The largest absolute Gasteiger partial charge is 0.361 e. The molecule has 11 heavy (non-hydrogen) atoms. The number of aliphatic imine (C=N–C) groups is 1. The van der Waals surface area contributed by atoms with Crippen LogP contribution in [-0.4, -0.2) is 22.6 Å². The van der Waals surface area contributed by atoms with Crippen LogP contribution in [0.5, 0.6) is 0 Å². The smallest absolute Gasteiger partial charge is 0.274 e. The van der Waals surface area contributed by atoms with Crippen molar-refractivity contribution in [2.45, 2.75) is 0 Å². The molecule has 0 aromatic heterocycles. The summed E-state index contributed by atoms with van der Waals surface area (Å²) >= 11 is 0. The van der Waals surface area contributed by atoms with Gasteiger partial charge in [-0.05, 0) is 0 Å². The lowest BCUT2D eigenvalue weighted by molar-refractivity contribution is -0.463. The monoisotopic (exact) mass is 157 g/mol. The van der Waals surface area contributed by atoms with Crippen LogP contribution in [0, 0.1) is 20.2 Å². The lowest BCUT2D eigenvalue weighted by atomic mass is 10.4. The normalized spacial score (nSPS) is 15.6. The van der Waals surface area contributed by atoms with Crippen LogP contribution in [0.3, 0.4) is 0 Å². The highest BCUT2D eigenvalue weighted by molar-refractivity contribution is 5.78. The van der Waals surface area contributed by atoms with E-state index in [0.29, 0.717) is 0 Å². The van der Waals surface area contributed by atoms with E-state index in [2.05, 4.69) is 4.99 Å². The first kappa shape index (κ1) is 7.32. The number of rotatable bonds is 2. The molecule has 7 nitrogen and oxygen atoms in total. The quantitative estimate of drug-likeness (QED) is 0.410. The second kappa shape index (κ2) is 2.45. The van der Waals surface area contributed by atoms with Crippen LogP contribution in [0.1, 0.15) is 0 Å². The maximum absolute atomic E-state index is 10.1. The molecule has 0 aromatic rings. The molecule has 0 bridgehead atoms. The fraction of sp³-hybridized carbons (Fsp3) is 0.250. The van der Waals surface area contributed by atoms with E-state index < -0.39 is 21.2 Å². The topological polar surface area (TPSA) is 98.6 Å². The summed E-state index contributed by atoms with van der Waals surface area (Å²) in [6.07, 6.45) is 0.901. The van der Waals surface area contributed by atoms with Crippen LogP contribution < -0.4 is 0 Å². The number of hydrogen-bond donors (Lipinski definition) is 0. The Labute approximate surface area is 60.3 Å². The summed E-state index contributed by atoms with van der Waals surface area (Å²) in [5.41, 5.74) is -0.968. The fourth-order valence-electron chi connectivity index (χ4n) is 0.678. The fourth-order valence-corrected chi connectivity index (χ4v) is 0.678. The van der Waals surface area contributed by atoms with Crippen LogP contribution in [0.15, 0.2) is 16.4 Å². The summed E-state index contributed by atoms with van der Waals surface area (Å²) < 4.78 is 0. The molecule has 0 saturated carbocycles. The summed E-state index contributed by atoms with van der Waals surface area (Å²) in [5, 5.41) is 20.1. The van der Waals surface area contributed by atoms with Crippen molar-refractivity contribution < 1.29 is 9.85 Å². The maximum Gasteiger partial charge on any atom is 0.361 e. The first-order valence-corrected chi connectivity index (χ1v) is 2.64. The Kier molecular flexibility index (Phi) is 1.63. The second-order valence-electron chi connectivity index (χ2n) is 1.82. The van der Waals surface area contributed by atoms with E-state index in [0.717, 1.165) is 6.21 Å². The van der Waals surface area contributed by atoms with Crippen LogP contribution >= 0.6 is 0 Å². The van der Waals surface area contributed by atoms with Crippen LogP contribution in [0.25, 0.3) is 0 Å². The van der Waals surface area contributed by atoms with Gasteiger partial charge >= 0.3 is 11.4 Å². The van der Waals surface area contributed by atoms with Crippen LogP contribution in [0.2, 0.25) is 0 Å². The lowest BCUT2D eigenvalue weighted by Gasteiger charge is -1.87. The van der Waals surface area contributed by atoms with E-state index in [1.165, 1.54) is 0 Å². The third kappa shape index (κ3) is 1.20. The minimum Gasteiger partial charge on any atom is -0.274 e. The predicted octanol–water partition coefficient (Wildman–Crippen LogP) is -0.164. The van der Waals surface area contributed by atoms with Gasteiger partial charge in [-0.25, -0.2) is 0 Å². The highest BCUT2D eigenvalue weighted by Gasteiger charge is 2.30. The molecule has 0 spiro atoms. The molecule has 7 heteroatoms. The average Bonchev–Trinajstić information content (AvgIpc) is 2.32. The standard InChI is InChI=1S/C4H3N3O4/c8-6(9)3-1-5-2-4(3)7(10)11/h1H,2H2. The highest BCUT2D eigenvalue weighted by atomic mass is 16.6. The van der Waals surface area contributed by atoms with Gasteiger partial charge < -0.3 is 0 Å². The van der Waals surface area contributed by atoms with Gasteiger partial charge in [0, 0.05) is 0 Å². The molecular formula is C4H3N3O4. The third-order valence-electron chi connectivity index (χ3n) is 1.17. The summed E-state index contributed by atoms with van der Waals surface area (Å²) in [5.74, 6) is 0. The Bertz CT molecular complexity index is 279. The Balaban J connectivity index is 3.02. The van der Waals surface area contributed by atoms with Gasteiger partial charge in [-0.3, -0.25) is 25.2 Å². The molecule has 0 N–H and O–H groups in total. The van der Waals surface area contributed by atoms with E-state index in [4.69, 9.17) is 0 Å². The first-order valence-electron chi connectivity index (χ1n) is 2.64. The van der Waals surface area contributed by atoms with Gasteiger partial charge in [-0.2, -0.15) is 0 Å². The predicted molar refractivity (Wildman–Crippen MR) is 34.4 cm³/mol. The minimum absolute atomic E-state index is 0.205. The molecule has 0 aromatic carbocycles. The second-order valence-corrected chi connectivity index (χ2v) is 1.82. The van der Waals surface area contributed by atoms with Gasteiger partial charge in [0.25, 0.3) is 0 Å². The number of hydrogen-bond acceptors (Lipinski definition) is 5. The average molecular weight is 157 g/mol. The lowest BCUT2D eigenvalue weighted by Crippen LogP contribution is -2.08. The molecule has 1 aliphatic heterocycles. The number of allylic oxidation sites excluding steroid dienone is 1. The van der Waals surface area contributed by atoms with Crippen molar-refractivity contribution in [1.82, 2.24) is 0 Å². The number of nitrogens with zero attached hydrogens (tertiary/aromatic N) is 3. The molecular weight excluding hydrogens is 154 g/mol. The molecule has 0 amide bonds. The summed E-state index contributed by atoms with van der Waals surface area (Å²) in [7, 11) is 0. The summed E-state index contributed by atoms with van der Waals surface area (Å²) in [6, 6.07) is 0. The van der Waals surface area contributed by atoms with Crippen LogP contribution in [-0.2, 0) is 0 Å². The van der Waals surface area contributed by atoms with Crippen molar-refractivity contribution in [2.24, 2.45) is 4.99 Å². The zero-order chi connectivity index (χ0) is 8.43. The molecule has 0 atom stereocenters. The molecule has 0 aliphatic carbocycles. The number of nitro groups is 2. The molecule has 0 unspecified atom stereocenters. The molecule has 1 heterocycles. The van der Waals surface area contributed by atoms with Gasteiger partial charge in [0.15, 0.2) is 0 Å². The molecule has 0 radical (unpaired) electrons. The molecule has 0 fully saturated rings. The Morgan fingerprint density at radius 1 is 1.36 bits per heavy atom. The van der Waals surface area contributed by atoms with Gasteiger partial charge in [0.05, 0.1) is 9.85 Å². The van der Waals surface area contributed by atoms with Crippen molar-refractivity contribution in [2.75, 3.05) is 6.54 Å². The van der Waals surface area contributed by atoms with E-state index in [9.17, 15) is 20.2 Å². The maximum atomic E-state index is 10.1. The molecule has 1 rings (SSSR count). The van der Waals surface area contributed by atoms with Crippen molar-refractivity contribution in [3.05, 3.63) is 31.6 Å². The Morgan fingerprint density at radius 2 is 2.00 bits per heavy atom. The zero-order valence-electron chi connectivity index (χ0n) is 5.26. The zero-order valence-corrected chi connectivity index (χ0v) is 5.26. The van der Waals surface area contributed by atoms with Crippen molar-refractivity contribution in [3.63, 3.8) is 0 Å². The SMILES string of the molecule is O=[N+]([O-])C1=C([N+](=O)[O-])CN=C1. The van der Waals surface area contributed by atoms with Gasteiger partial charge in [-0.1, -0.05) is 0 Å². The minimum atomic E-state index is -0.811. The molecule has 0 saturated heterocycles. The van der Waals surface area contributed by atoms with Crippen molar-refractivity contribution >= 4 is 6.21 Å². The van der Waals surface area contributed by atoms with E-state index in [1.807, 2.05) is 0 Å². The highest BCUT2D eigenvalue weighted by Crippen LogP contribution is 2.10. The van der Waals surface area contributed by atoms with Gasteiger partial charge in [0.1, 0.15) is 12.8 Å². The first-order chi connectivity index (χ1) is 5.13. The van der Waals surface area contributed by atoms with Gasteiger partial charge in [-0.15, -0.1) is 0 Å². The molecule has 58 valence electrons. The van der Waals surface area contributed by atoms with E-state index >= 15 is 0 Å². The van der Waals surface area contributed by atoms with E-state index in [-0.39, 0.29) is 6.54 Å². The van der Waals surface area contributed by atoms with Gasteiger partial charge in [0.2, 0.25) is 0 Å². The summed E-state index contributed by atoms with van der Waals surface area (Å²) in [6.45, 7) is -0.205.